The van der Waals surface area contributed by atoms with Crippen LogP contribution < -0.4 is 11.1 Å². The third-order valence-corrected chi connectivity index (χ3v) is 3.70. The summed E-state index contributed by atoms with van der Waals surface area (Å²) in [5.74, 6) is 0. The van der Waals surface area contributed by atoms with Gasteiger partial charge in [-0.3, -0.25) is 4.98 Å². The Morgan fingerprint density at radius 1 is 1.35 bits per heavy atom. The van der Waals surface area contributed by atoms with Crippen molar-refractivity contribution in [2.75, 3.05) is 0 Å². The van der Waals surface area contributed by atoms with Crippen LogP contribution in [0.2, 0.25) is 0 Å². The standard InChI is InChI=1S/C13H17N3S/c1-10-3-5-17-13(10)9-15-8-11-2-4-16-12(6-11)7-14/h2-6,15H,7-9,14H2,1H3. The number of hydrogen-bond acceptors (Lipinski definition) is 4. The van der Waals surface area contributed by atoms with Crippen molar-refractivity contribution in [3.05, 3.63) is 51.5 Å². The topological polar surface area (TPSA) is 50.9 Å². The molecule has 17 heavy (non-hydrogen) atoms. The first kappa shape index (κ1) is 12.2. The summed E-state index contributed by atoms with van der Waals surface area (Å²) >= 11 is 1.80. The first-order valence-corrected chi connectivity index (χ1v) is 6.55. The van der Waals surface area contributed by atoms with Gasteiger partial charge in [0.25, 0.3) is 0 Å². The lowest BCUT2D eigenvalue weighted by molar-refractivity contribution is 0.696. The molecule has 2 heterocycles. The zero-order valence-corrected chi connectivity index (χ0v) is 10.8. The lowest BCUT2D eigenvalue weighted by atomic mass is 10.2. The molecule has 0 spiro atoms. The first-order chi connectivity index (χ1) is 8.29. The molecule has 0 aromatic carbocycles. The fourth-order valence-corrected chi connectivity index (χ4v) is 2.53. The minimum absolute atomic E-state index is 0.498. The molecular weight excluding hydrogens is 230 g/mol. The van der Waals surface area contributed by atoms with Gasteiger partial charge in [-0.15, -0.1) is 11.3 Å². The third-order valence-electron chi connectivity index (χ3n) is 2.67. The highest BCUT2D eigenvalue weighted by molar-refractivity contribution is 7.10. The van der Waals surface area contributed by atoms with Crippen LogP contribution in [0.5, 0.6) is 0 Å². The number of aromatic nitrogens is 1. The fourth-order valence-electron chi connectivity index (χ4n) is 1.66. The van der Waals surface area contributed by atoms with E-state index < -0.39 is 0 Å². The lowest BCUT2D eigenvalue weighted by Crippen LogP contribution is -2.13. The van der Waals surface area contributed by atoms with E-state index in [1.165, 1.54) is 16.0 Å². The van der Waals surface area contributed by atoms with Crippen molar-refractivity contribution >= 4 is 11.3 Å². The molecule has 2 aromatic heterocycles. The van der Waals surface area contributed by atoms with Crippen LogP contribution in [0.25, 0.3) is 0 Å². The molecule has 4 heteroatoms. The second-order valence-electron chi connectivity index (χ2n) is 3.99. The SMILES string of the molecule is Cc1ccsc1CNCc1ccnc(CN)c1. The second-order valence-corrected chi connectivity index (χ2v) is 4.99. The molecule has 0 bridgehead atoms. The summed E-state index contributed by atoms with van der Waals surface area (Å²) in [4.78, 5) is 5.58. The highest BCUT2D eigenvalue weighted by Gasteiger charge is 2.00. The number of nitrogens with two attached hydrogens (primary N) is 1. The van der Waals surface area contributed by atoms with Crippen LogP contribution in [-0.2, 0) is 19.6 Å². The van der Waals surface area contributed by atoms with Crippen molar-refractivity contribution in [1.82, 2.24) is 10.3 Å². The summed E-state index contributed by atoms with van der Waals surface area (Å²) in [6.07, 6.45) is 1.82. The quantitative estimate of drug-likeness (QED) is 0.851. The van der Waals surface area contributed by atoms with Crippen molar-refractivity contribution < 1.29 is 0 Å². The Morgan fingerprint density at radius 2 is 2.24 bits per heavy atom. The molecule has 0 aliphatic heterocycles. The predicted octanol–water partition coefficient (Wildman–Crippen LogP) is 2.20. The molecule has 0 aliphatic rings. The second kappa shape index (κ2) is 5.91. The molecular formula is C13H17N3S. The van der Waals surface area contributed by atoms with Crippen LogP contribution in [0, 0.1) is 6.92 Å². The van der Waals surface area contributed by atoms with Gasteiger partial charge in [0.05, 0.1) is 5.69 Å². The van der Waals surface area contributed by atoms with Gasteiger partial charge in [0.15, 0.2) is 0 Å². The number of nitrogens with one attached hydrogen (secondary N) is 1. The van der Waals surface area contributed by atoms with E-state index in [9.17, 15) is 0 Å². The first-order valence-electron chi connectivity index (χ1n) is 5.67. The molecule has 2 aromatic rings. The Bertz CT molecular complexity index is 479. The van der Waals surface area contributed by atoms with Crippen molar-refractivity contribution in [3.8, 4) is 0 Å². The Kier molecular flexibility index (Phi) is 4.25. The van der Waals surface area contributed by atoms with Crippen molar-refractivity contribution in [3.63, 3.8) is 0 Å². The highest BCUT2D eigenvalue weighted by Crippen LogP contribution is 2.15. The molecule has 3 N–H and O–H groups in total. The Labute approximate surface area is 106 Å². The van der Waals surface area contributed by atoms with E-state index in [1.807, 2.05) is 18.3 Å². The maximum Gasteiger partial charge on any atom is 0.0542 e. The summed E-state index contributed by atoms with van der Waals surface area (Å²) in [6, 6.07) is 6.22. The van der Waals surface area contributed by atoms with E-state index in [-0.39, 0.29) is 0 Å². The Morgan fingerprint density at radius 3 is 2.94 bits per heavy atom. The molecule has 0 saturated heterocycles. The zero-order valence-electron chi connectivity index (χ0n) is 9.94. The molecule has 0 unspecified atom stereocenters. The molecule has 3 nitrogen and oxygen atoms in total. The lowest BCUT2D eigenvalue weighted by Gasteiger charge is -2.05. The van der Waals surface area contributed by atoms with Gasteiger partial charge < -0.3 is 11.1 Å². The van der Waals surface area contributed by atoms with Crippen LogP contribution in [-0.4, -0.2) is 4.98 Å². The molecule has 2 rings (SSSR count). The summed E-state index contributed by atoms with van der Waals surface area (Å²) in [7, 11) is 0. The summed E-state index contributed by atoms with van der Waals surface area (Å²) in [6.45, 7) is 4.42. The molecule has 90 valence electrons. The van der Waals surface area contributed by atoms with Gasteiger partial charge in [0.2, 0.25) is 0 Å². The fraction of sp³-hybridized carbons (Fsp3) is 0.308. The monoisotopic (exact) mass is 247 g/mol. The Hall–Kier alpha value is -1.23. The summed E-state index contributed by atoms with van der Waals surface area (Å²) < 4.78 is 0. The number of pyridine rings is 1. The average Bonchev–Trinajstić information content (AvgIpc) is 2.76. The van der Waals surface area contributed by atoms with Crippen LogP contribution in [0.15, 0.2) is 29.8 Å². The highest BCUT2D eigenvalue weighted by atomic mass is 32.1. The predicted molar refractivity (Wildman–Crippen MR) is 71.7 cm³/mol. The van der Waals surface area contributed by atoms with Gasteiger partial charge in [-0.2, -0.15) is 0 Å². The molecule has 0 saturated carbocycles. The van der Waals surface area contributed by atoms with E-state index in [4.69, 9.17) is 5.73 Å². The minimum atomic E-state index is 0.498. The van der Waals surface area contributed by atoms with Crippen molar-refractivity contribution in [1.29, 1.82) is 0 Å². The molecule has 0 amide bonds. The van der Waals surface area contributed by atoms with Gasteiger partial charge in [-0.25, -0.2) is 0 Å². The maximum absolute atomic E-state index is 5.56. The van der Waals surface area contributed by atoms with Crippen LogP contribution >= 0.6 is 11.3 Å². The number of thiophene rings is 1. The van der Waals surface area contributed by atoms with Crippen molar-refractivity contribution in [2.45, 2.75) is 26.6 Å². The van der Waals surface area contributed by atoms with Crippen LogP contribution in [0.1, 0.15) is 21.7 Å². The van der Waals surface area contributed by atoms with Gasteiger partial charge in [0, 0.05) is 30.7 Å². The maximum atomic E-state index is 5.56. The number of hydrogen-bond donors (Lipinski definition) is 2. The summed E-state index contributed by atoms with van der Waals surface area (Å²) in [5, 5.41) is 5.57. The van der Waals surface area contributed by atoms with Crippen LogP contribution in [0.4, 0.5) is 0 Å². The average molecular weight is 247 g/mol. The Balaban J connectivity index is 1.87. The third kappa shape index (κ3) is 3.36. The largest absolute Gasteiger partial charge is 0.325 e. The van der Waals surface area contributed by atoms with E-state index in [0.29, 0.717) is 6.54 Å². The smallest absolute Gasteiger partial charge is 0.0542 e. The molecule has 0 aliphatic carbocycles. The van der Waals surface area contributed by atoms with Crippen LogP contribution in [0.3, 0.4) is 0 Å². The van der Waals surface area contributed by atoms with Gasteiger partial charge in [-0.05, 0) is 41.6 Å². The number of nitrogens with zero attached hydrogens (tertiary/aromatic N) is 1. The summed E-state index contributed by atoms with van der Waals surface area (Å²) in [5.41, 5.74) is 9.10. The molecule has 0 atom stereocenters. The van der Waals surface area contributed by atoms with Crippen molar-refractivity contribution in [2.24, 2.45) is 5.73 Å². The molecule has 0 fully saturated rings. The van der Waals surface area contributed by atoms with E-state index >= 15 is 0 Å². The number of rotatable bonds is 5. The zero-order chi connectivity index (χ0) is 12.1. The normalized spacial score (nSPS) is 10.7. The van der Waals surface area contributed by atoms with Gasteiger partial charge in [0.1, 0.15) is 0 Å². The van der Waals surface area contributed by atoms with E-state index in [2.05, 4.69) is 28.7 Å². The number of aryl methyl sites for hydroxylation is 1. The van der Waals surface area contributed by atoms with Gasteiger partial charge >= 0.3 is 0 Å². The van der Waals surface area contributed by atoms with Gasteiger partial charge in [-0.1, -0.05) is 0 Å². The minimum Gasteiger partial charge on any atom is -0.325 e. The molecule has 0 radical (unpaired) electrons. The van der Waals surface area contributed by atoms with E-state index in [0.717, 1.165) is 18.8 Å². The van der Waals surface area contributed by atoms with E-state index in [1.54, 1.807) is 11.3 Å².